The van der Waals surface area contributed by atoms with Crippen LogP contribution >= 0.6 is 24.0 Å². The van der Waals surface area contributed by atoms with E-state index in [2.05, 4.69) is 18.7 Å². The predicted molar refractivity (Wildman–Crippen MR) is 85.7 cm³/mol. The lowest BCUT2D eigenvalue weighted by atomic mass is 10.4. The molecule has 2 nitrogen and oxygen atoms in total. The SMILES string of the molecule is CCN(CC)C(=S)SCC[S+]([O-])c1ccccc1. The van der Waals surface area contributed by atoms with E-state index in [0.717, 1.165) is 28.1 Å². The van der Waals surface area contributed by atoms with Crippen LogP contribution in [-0.4, -0.2) is 38.4 Å². The van der Waals surface area contributed by atoms with E-state index >= 15 is 0 Å². The first-order chi connectivity index (χ1) is 8.69. The molecule has 0 saturated heterocycles. The second-order valence-corrected chi connectivity index (χ2v) is 6.95. The molecule has 1 atom stereocenters. The topological polar surface area (TPSA) is 26.3 Å². The van der Waals surface area contributed by atoms with Crippen LogP contribution in [0.4, 0.5) is 0 Å². The zero-order valence-corrected chi connectivity index (χ0v) is 13.2. The molecule has 0 aromatic heterocycles. The zero-order chi connectivity index (χ0) is 13.4. The van der Waals surface area contributed by atoms with E-state index in [1.165, 1.54) is 0 Å². The highest BCUT2D eigenvalue weighted by atomic mass is 32.2. The lowest BCUT2D eigenvalue weighted by Gasteiger charge is -2.20. The third kappa shape index (κ3) is 5.18. The smallest absolute Gasteiger partial charge is 0.152 e. The minimum absolute atomic E-state index is 0.649. The number of thioether (sulfide) groups is 1. The second-order valence-electron chi connectivity index (χ2n) is 3.65. The van der Waals surface area contributed by atoms with Gasteiger partial charge in [-0.05, 0) is 37.2 Å². The number of thiocarbonyl (C=S) groups is 1. The number of nitrogens with zero attached hydrogens (tertiary/aromatic N) is 1. The van der Waals surface area contributed by atoms with Crippen LogP contribution in [0.25, 0.3) is 0 Å². The molecule has 5 heteroatoms. The Bertz CT molecular complexity index is 355. The molecule has 0 N–H and O–H groups in total. The van der Waals surface area contributed by atoms with Gasteiger partial charge < -0.3 is 9.45 Å². The van der Waals surface area contributed by atoms with Gasteiger partial charge >= 0.3 is 0 Å². The lowest BCUT2D eigenvalue weighted by molar-refractivity contribution is 0.482. The van der Waals surface area contributed by atoms with Crippen molar-refractivity contribution in [3.8, 4) is 0 Å². The van der Waals surface area contributed by atoms with Crippen LogP contribution in [0.15, 0.2) is 35.2 Å². The molecular formula is C13H19NOS3. The van der Waals surface area contributed by atoms with Gasteiger partial charge in [-0.3, -0.25) is 0 Å². The molecule has 1 aromatic carbocycles. The fraction of sp³-hybridized carbons (Fsp3) is 0.462. The summed E-state index contributed by atoms with van der Waals surface area (Å²) in [7, 11) is 0. The molecule has 0 aliphatic carbocycles. The lowest BCUT2D eigenvalue weighted by Crippen LogP contribution is -2.27. The van der Waals surface area contributed by atoms with Crippen molar-refractivity contribution in [2.45, 2.75) is 18.7 Å². The van der Waals surface area contributed by atoms with Gasteiger partial charge in [-0.25, -0.2) is 0 Å². The monoisotopic (exact) mass is 301 g/mol. The minimum atomic E-state index is -0.916. The van der Waals surface area contributed by atoms with Crippen LogP contribution in [-0.2, 0) is 11.2 Å². The Labute approximate surface area is 122 Å². The van der Waals surface area contributed by atoms with Gasteiger partial charge in [-0.15, -0.1) is 0 Å². The quantitative estimate of drug-likeness (QED) is 0.595. The molecule has 1 aromatic rings. The van der Waals surface area contributed by atoms with Crippen LogP contribution in [0.1, 0.15) is 13.8 Å². The Morgan fingerprint density at radius 2 is 1.89 bits per heavy atom. The van der Waals surface area contributed by atoms with Crippen molar-refractivity contribution in [3.05, 3.63) is 30.3 Å². The summed E-state index contributed by atoms with van der Waals surface area (Å²) in [6.07, 6.45) is 0. The van der Waals surface area contributed by atoms with Crippen molar-refractivity contribution in [2.24, 2.45) is 0 Å². The zero-order valence-electron chi connectivity index (χ0n) is 10.8. The number of benzene rings is 1. The van der Waals surface area contributed by atoms with Crippen molar-refractivity contribution in [2.75, 3.05) is 24.6 Å². The van der Waals surface area contributed by atoms with Gasteiger partial charge in [0.15, 0.2) is 4.90 Å². The third-order valence-electron chi connectivity index (χ3n) is 2.52. The van der Waals surface area contributed by atoms with E-state index in [4.69, 9.17) is 12.2 Å². The van der Waals surface area contributed by atoms with Crippen molar-refractivity contribution in [3.63, 3.8) is 0 Å². The normalized spacial score (nSPS) is 12.2. The Morgan fingerprint density at radius 3 is 2.44 bits per heavy atom. The van der Waals surface area contributed by atoms with E-state index in [0.29, 0.717) is 5.75 Å². The van der Waals surface area contributed by atoms with Gasteiger partial charge in [-0.2, -0.15) is 0 Å². The van der Waals surface area contributed by atoms with Crippen LogP contribution < -0.4 is 0 Å². The van der Waals surface area contributed by atoms with E-state index < -0.39 is 11.2 Å². The second kappa shape index (κ2) is 8.80. The molecule has 0 radical (unpaired) electrons. The Hall–Kier alpha value is -0.230. The third-order valence-corrected chi connectivity index (χ3v) is 5.68. The van der Waals surface area contributed by atoms with Crippen LogP contribution in [0.2, 0.25) is 0 Å². The van der Waals surface area contributed by atoms with Gasteiger partial charge in [0.2, 0.25) is 0 Å². The predicted octanol–water partition coefficient (Wildman–Crippen LogP) is 3.15. The summed E-state index contributed by atoms with van der Waals surface area (Å²) in [5.41, 5.74) is 0. The van der Waals surface area contributed by atoms with Crippen LogP contribution in [0, 0.1) is 0 Å². The number of hydrogen-bond donors (Lipinski definition) is 0. The van der Waals surface area contributed by atoms with E-state index in [1.54, 1.807) is 11.8 Å². The van der Waals surface area contributed by atoms with Gasteiger partial charge in [0.25, 0.3) is 0 Å². The molecule has 0 spiro atoms. The molecule has 0 saturated carbocycles. The molecule has 0 aliphatic rings. The molecule has 1 unspecified atom stereocenters. The summed E-state index contributed by atoms with van der Waals surface area (Å²) in [5, 5.41) is 0. The van der Waals surface area contributed by atoms with Gasteiger partial charge in [0.1, 0.15) is 10.1 Å². The van der Waals surface area contributed by atoms with Crippen molar-refractivity contribution < 1.29 is 4.55 Å². The molecule has 0 bridgehead atoms. The average Bonchev–Trinajstić information content (AvgIpc) is 2.41. The molecule has 0 fully saturated rings. The van der Waals surface area contributed by atoms with Gasteiger partial charge in [0, 0.05) is 18.8 Å². The fourth-order valence-corrected chi connectivity index (χ4v) is 4.23. The summed E-state index contributed by atoms with van der Waals surface area (Å²) < 4.78 is 12.9. The summed E-state index contributed by atoms with van der Waals surface area (Å²) in [4.78, 5) is 3.04. The van der Waals surface area contributed by atoms with Crippen LogP contribution in [0.5, 0.6) is 0 Å². The Balaban J connectivity index is 2.32. The Morgan fingerprint density at radius 1 is 1.28 bits per heavy atom. The van der Waals surface area contributed by atoms with Crippen molar-refractivity contribution in [1.82, 2.24) is 4.90 Å². The summed E-state index contributed by atoms with van der Waals surface area (Å²) >= 11 is 6.04. The largest absolute Gasteiger partial charge is 0.611 e. The van der Waals surface area contributed by atoms with Gasteiger partial charge in [-0.1, -0.05) is 42.2 Å². The standard InChI is InChI=1S/C13H19NOS3/c1-3-14(4-2)13(16)17-10-11-18(15)12-8-6-5-7-9-12/h5-9H,3-4,10-11H2,1-2H3. The Kier molecular flexibility index (Phi) is 7.74. The first-order valence-electron chi connectivity index (χ1n) is 6.04. The maximum absolute atomic E-state index is 12.0. The molecule has 0 aliphatic heterocycles. The molecule has 18 heavy (non-hydrogen) atoms. The highest BCUT2D eigenvalue weighted by Crippen LogP contribution is 2.14. The summed E-state index contributed by atoms with van der Waals surface area (Å²) in [5.74, 6) is 1.45. The molecule has 1 rings (SSSR count). The van der Waals surface area contributed by atoms with E-state index in [-0.39, 0.29) is 0 Å². The highest BCUT2D eigenvalue weighted by molar-refractivity contribution is 8.23. The maximum Gasteiger partial charge on any atom is 0.152 e. The summed E-state index contributed by atoms with van der Waals surface area (Å²) in [6, 6.07) is 9.58. The van der Waals surface area contributed by atoms with Crippen molar-refractivity contribution >= 4 is 39.5 Å². The first kappa shape index (κ1) is 15.8. The molecule has 0 heterocycles. The van der Waals surface area contributed by atoms with E-state index in [9.17, 15) is 4.55 Å². The van der Waals surface area contributed by atoms with Crippen LogP contribution in [0.3, 0.4) is 0 Å². The highest BCUT2D eigenvalue weighted by Gasteiger charge is 2.12. The molecular weight excluding hydrogens is 282 g/mol. The summed E-state index contributed by atoms with van der Waals surface area (Å²) in [6.45, 7) is 6.06. The fourth-order valence-electron chi connectivity index (χ4n) is 1.47. The maximum atomic E-state index is 12.0. The first-order valence-corrected chi connectivity index (χ1v) is 8.75. The van der Waals surface area contributed by atoms with Crippen molar-refractivity contribution in [1.29, 1.82) is 0 Å². The number of hydrogen-bond acceptors (Lipinski definition) is 3. The molecule has 100 valence electrons. The molecule has 0 amide bonds. The minimum Gasteiger partial charge on any atom is -0.611 e. The van der Waals surface area contributed by atoms with Gasteiger partial charge in [0.05, 0.1) is 0 Å². The van der Waals surface area contributed by atoms with E-state index in [1.807, 2.05) is 30.3 Å². The average molecular weight is 302 g/mol. The number of rotatable bonds is 6.